The lowest BCUT2D eigenvalue weighted by Crippen LogP contribution is -2.56. The van der Waals surface area contributed by atoms with Crippen LogP contribution in [0.5, 0.6) is 0 Å². The van der Waals surface area contributed by atoms with Crippen LogP contribution in [0.4, 0.5) is 0 Å². The minimum atomic E-state index is -0.417. The van der Waals surface area contributed by atoms with Gasteiger partial charge in [-0.25, -0.2) is 0 Å². The summed E-state index contributed by atoms with van der Waals surface area (Å²) in [5.41, 5.74) is 0.711. The van der Waals surface area contributed by atoms with Gasteiger partial charge in [-0.1, -0.05) is 34.6 Å². The minimum absolute atomic E-state index is 0.260. The molecular formula is C25H44O2. The van der Waals surface area contributed by atoms with Crippen LogP contribution in [0.25, 0.3) is 0 Å². The lowest BCUT2D eigenvalue weighted by molar-refractivity contribution is -0.158. The van der Waals surface area contributed by atoms with Crippen molar-refractivity contribution in [3.05, 3.63) is 0 Å². The van der Waals surface area contributed by atoms with Crippen LogP contribution < -0.4 is 0 Å². The van der Waals surface area contributed by atoms with Gasteiger partial charge in [0, 0.05) is 0 Å². The van der Waals surface area contributed by atoms with E-state index in [0.717, 1.165) is 43.1 Å². The van der Waals surface area contributed by atoms with Crippen LogP contribution in [-0.2, 0) is 4.74 Å². The molecular weight excluding hydrogens is 332 g/mol. The normalized spacial score (nSPS) is 52.8. The molecule has 0 spiro atoms. The van der Waals surface area contributed by atoms with Gasteiger partial charge in [0.05, 0.1) is 18.3 Å². The fourth-order valence-electron chi connectivity index (χ4n) is 8.01. The van der Waals surface area contributed by atoms with Crippen molar-refractivity contribution in [3.63, 3.8) is 0 Å². The van der Waals surface area contributed by atoms with E-state index in [1.165, 1.54) is 44.9 Å². The van der Waals surface area contributed by atoms with Crippen LogP contribution in [0.3, 0.4) is 0 Å². The Balaban J connectivity index is 1.51. The van der Waals surface area contributed by atoms with E-state index >= 15 is 0 Å². The molecule has 0 bridgehead atoms. The van der Waals surface area contributed by atoms with Crippen LogP contribution in [0.2, 0.25) is 0 Å². The Labute approximate surface area is 167 Å². The number of hydrogen-bond acceptors (Lipinski definition) is 2. The highest BCUT2D eigenvalue weighted by Crippen LogP contribution is 2.67. The topological polar surface area (TPSA) is 29.5 Å². The summed E-state index contributed by atoms with van der Waals surface area (Å²) in [6.07, 6.45) is 11.9. The van der Waals surface area contributed by atoms with E-state index in [9.17, 15) is 5.11 Å². The molecule has 4 aliphatic rings. The molecule has 4 aliphatic carbocycles. The van der Waals surface area contributed by atoms with E-state index in [0.29, 0.717) is 16.9 Å². The summed E-state index contributed by atoms with van der Waals surface area (Å²) in [6, 6.07) is 0. The molecule has 4 rings (SSSR count). The van der Waals surface area contributed by atoms with Gasteiger partial charge >= 0.3 is 0 Å². The van der Waals surface area contributed by atoms with Gasteiger partial charge in [-0.2, -0.15) is 0 Å². The quantitative estimate of drug-likeness (QED) is 0.620. The molecule has 0 aromatic carbocycles. The zero-order chi connectivity index (χ0) is 19.7. The van der Waals surface area contributed by atoms with Crippen LogP contribution in [0.1, 0.15) is 99.3 Å². The molecule has 3 unspecified atom stereocenters. The first-order valence-electron chi connectivity index (χ1n) is 11.8. The van der Waals surface area contributed by atoms with E-state index in [1.54, 1.807) is 0 Å². The molecule has 0 heterocycles. The maximum absolute atomic E-state index is 10.7. The summed E-state index contributed by atoms with van der Waals surface area (Å²) in [5, 5.41) is 10.7. The smallest absolute Gasteiger partial charge is 0.0631 e. The van der Waals surface area contributed by atoms with Gasteiger partial charge in [0.2, 0.25) is 0 Å². The molecule has 0 aliphatic heterocycles. The average Bonchev–Trinajstić information content (AvgIpc) is 2.89. The van der Waals surface area contributed by atoms with Crippen molar-refractivity contribution >= 4 is 0 Å². The van der Waals surface area contributed by atoms with Crippen LogP contribution in [0, 0.1) is 39.9 Å². The third-order valence-electron chi connectivity index (χ3n) is 9.58. The Morgan fingerprint density at radius 1 is 0.852 bits per heavy atom. The number of rotatable bonds is 2. The van der Waals surface area contributed by atoms with Gasteiger partial charge in [0.25, 0.3) is 0 Å². The molecule has 4 saturated carbocycles. The summed E-state index contributed by atoms with van der Waals surface area (Å²) >= 11 is 0. The molecule has 0 aromatic heterocycles. The molecule has 0 radical (unpaired) electrons. The fourth-order valence-corrected chi connectivity index (χ4v) is 8.01. The average molecular weight is 377 g/mol. The van der Waals surface area contributed by atoms with Crippen LogP contribution in [-0.4, -0.2) is 23.4 Å². The van der Waals surface area contributed by atoms with Crippen molar-refractivity contribution < 1.29 is 9.84 Å². The van der Waals surface area contributed by atoms with E-state index in [4.69, 9.17) is 4.74 Å². The zero-order valence-electron chi connectivity index (χ0n) is 18.8. The van der Waals surface area contributed by atoms with Gasteiger partial charge in [-0.3, -0.25) is 0 Å². The number of aliphatic hydroxyl groups is 1. The summed E-state index contributed by atoms with van der Waals surface area (Å²) in [7, 11) is 0. The fraction of sp³-hybridized carbons (Fsp3) is 1.00. The Morgan fingerprint density at radius 2 is 1.56 bits per heavy atom. The predicted molar refractivity (Wildman–Crippen MR) is 112 cm³/mol. The van der Waals surface area contributed by atoms with Crippen molar-refractivity contribution in [2.24, 2.45) is 39.9 Å². The molecule has 0 amide bonds. The summed E-state index contributed by atoms with van der Waals surface area (Å²) in [6.45, 7) is 15.0. The molecule has 4 fully saturated rings. The Bertz CT molecular complexity index is 561. The van der Waals surface area contributed by atoms with Gasteiger partial charge in [-0.15, -0.1) is 0 Å². The Kier molecular flexibility index (Phi) is 4.83. The minimum Gasteiger partial charge on any atom is -0.390 e. The highest BCUT2D eigenvalue weighted by molar-refractivity contribution is 5.10. The SMILES string of the molecule is CC(C)(C)CO[C@H]1CCC2C3CC[C@H]4C[C@@](C)(O)CC[C@]4(C)C3CC[C@@]21C. The highest BCUT2D eigenvalue weighted by Gasteiger charge is 2.61. The van der Waals surface area contributed by atoms with Crippen LogP contribution >= 0.6 is 0 Å². The number of fused-ring (bicyclic) bond motifs is 5. The van der Waals surface area contributed by atoms with Crippen LogP contribution in [0.15, 0.2) is 0 Å². The lowest BCUT2D eigenvalue weighted by atomic mass is 9.44. The molecule has 2 nitrogen and oxygen atoms in total. The van der Waals surface area contributed by atoms with E-state index in [-0.39, 0.29) is 5.41 Å². The summed E-state index contributed by atoms with van der Waals surface area (Å²) in [5.74, 6) is 3.38. The second kappa shape index (κ2) is 6.46. The van der Waals surface area contributed by atoms with Crippen molar-refractivity contribution in [3.8, 4) is 0 Å². The summed E-state index contributed by atoms with van der Waals surface area (Å²) < 4.78 is 6.55. The predicted octanol–water partition coefficient (Wildman–Crippen LogP) is 6.21. The molecule has 156 valence electrons. The van der Waals surface area contributed by atoms with Crippen molar-refractivity contribution in [2.45, 2.75) is 111 Å². The molecule has 2 heteroatoms. The van der Waals surface area contributed by atoms with Crippen molar-refractivity contribution in [1.82, 2.24) is 0 Å². The van der Waals surface area contributed by atoms with Crippen molar-refractivity contribution in [1.29, 1.82) is 0 Å². The zero-order valence-corrected chi connectivity index (χ0v) is 18.8. The first-order chi connectivity index (χ1) is 12.4. The number of hydrogen-bond donors (Lipinski definition) is 1. The van der Waals surface area contributed by atoms with Gasteiger partial charge in [0.15, 0.2) is 0 Å². The number of ether oxygens (including phenoxy) is 1. The monoisotopic (exact) mass is 376 g/mol. The molecule has 8 atom stereocenters. The molecule has 27 heavy (non-hydrogen) atoms. The molecule has 0 saturated heterocycles. The maximum atomic E-state index is 10.7. The second-order valence-corrected chi connectivity index (χ2v) is 12.8. The van der Waals surface area contributed by atoms with Crippen molar-refractivity contribution in [2.75, 3.05) is 6.61 Å². The Morgan fingerprint density at radius 3 is 2.26 bits per heavy atom. The maximum Gasteiger partial charge on any atom is 0.0631 e. The third-order valence-corrected chi connectivity index (χ3v) is 9.58. The standard InChI is InChI=1S/C25H44O2/c1-22(2,3)16-27-21-10-9-19-18-8-7-17-15-23(4,26)13-14-24(17,5)20(18)11-12-25(19,21)6/h17-21,26H,7-16H2,1-6H3/t17-,18?,19?,20?,21-,23-,24-,25-/m0/s1. The van der Waals surface area contributed by atoms with Gasteiger partial charge in [-0.05, 0) is 105 Å². The highest BCUT2D eigenvalue weighted by atomic mass is 16.5. The van der Waals surface area contributed by atoms with Gasteiger partial charge in [0.1, 0.15) is 0 Å². The lowest BCUT2D eigenvalue weighted by Gasteiger charge is -2.61. The van der Waals surface area contributed by atoms with E-state index in [2.05, 4.69) is 41.5 Å². The van der Waals surface area contributed by atoms with E-state index in [1.807, 2.05) is 0 Å². The first kappa shape index (κ1) is 20.2. The molecule has 1 N–H and O–H groups in total. The molecule has 0 aromatic rings. The van der Waals surface area contributed by atoms with Gasteiger partial charge < -0.3 is 9.84 Å². The largest absolute Gasteiger partial charge is 0.390 e. The third kappa shape index (κ3) is 3.41. The second-order valence-electron chi connectivity index (χ2n) is 12.8. The first-order valence-corrected chi connectivity index (χ1v) is 11.8. The van der Waals surface area contributed by atoms with E-state index < -0.39 is 5.60 Å². The summed E-state index contributed by atoms with van der Waals surface area (Å²) in [4.78, 5) is 0. The Hall–Kier alpha value is -0.0800.